The van der Waals surface area contributed by atoms with Crippen LogP contribution in [0, 0.1) is 12.8 Å². The molecule has 5 nitrogen and oxygen atoms in total. The summed E-state index contributed by atoms with van der Waals surface area (Å²) in [4.78, 5) is 24.9. The number of amides is 1. The number of hydrogen-bond acceptors (Lipinski definition) is 3. The number of carbonyl (C=O) groups excluding carboxylic acids is 1. The van der Waals surface area contributed by atoms with Gasteiger partial charge in [-0.15, -0.1) is 0 Å². The molecule has 0 spiro atoms. The van der Waals surface area contributed by atoms with Crippen LogP contribution in [0.1, 0.15) is 35.7 Å². The maximum absolute atomic E-state index is 12.1. The van der Waals surface area contributed by atoms with E-state index >= 15 is 0 Å². The summed E-state index contributed by atoms with van der Waals surface area (Å²) < 4.78 is 5.49. The predicted molar refractivity (Wildman–Crippen MR) is 78.6 cm³/mol. The van der Waals surface area contributed by atoms with Gasteiger partial charge in [0.15, 0.2) is 6.61 Å². The summed E-state index contributed by atoms with van der Waals surface area (Å²) in [5.41, 5.74) is 0.873. The van der Waals surface area contributed by atoms with E-state index in [0.717, 1.165) is 19.5 Å². The number of likely N-dealkylation sites (tertiary alicyclic amines) is 1. The molecule has 1 saturated heterocycles. The molecule has 114 valence electrons. The summed E-state index contributed by atoms with van der Waals surface area (Å²) in [5.74, 6) is 0.0923. The van der Waals surface area contributed by atoms with Crippen LogP contribution in [0.4, 0.5) is 0 Å². The SMILES string of the molecule is Cc1cc(OCC(=O)N2CCCC(C)C2)ccc1C(=O)O. The Balaban J connectivity index is 1.92. The Morgan fingerprint density at radius 2 is 2.19 bits per heavy atom. The van der Waals surface area contributed by atoms with Crippen LogP contribution in [0.5, 0.6) is 5.75 Å². The Hall–Kier alpha value is -2.04. The molecule has 2 rings (SSSR count). The molecule has 0 aliphatic carbocycles. The van der Waals surface area contributed by atoms with E-state index in [2.05, 4.69) is 6.92 Å². The van der Waals surface area contributed by atoms with Gasteiger partial charge in [-0.25, -0.2) is 4.79 Å². The third-order valence-corrected chi connectivity index (χ3v) is 3.80. The zero-order valence-electron chi connectivity index (χ0n) is 12.5. The van der Waals surface area contributed by atoms with Crippen molar-refractivity contribution in [3.63, 3.8) is 0 Å². The molecule has 1 amide bonds. The number of piperidine rings is 1. The highest BCUT2D eigenvalue weighted by Crippen LogP contribution is 2.18. The molecule has 1 aliphatic heterocycles. The Labute approximate surface area is 124 Å². The molecule has 21 heavy (non-hydrogen) atoms. The van der Waals surface area contributed by atoms with Gasteiger partial charge in [0.05, 0.1) is 5.56 Å². The topological polar surface area (TPSA) is 66.8 Å². The van der Waals surface area contributed by atoms with Gasteiger partial charge < -0.3 is 14.7 Å². The summed E-state index contributed by atoms with van der Waals surface area (Å²) in [6.45, 7) is 5.44. The van der Waals surface area contributed by atoms with E-state index in [-0.39, 0.29) is 18.1 Å². The van der Waals surface area contributed by atoms with Crippen LogP contribution < -0.4 is 4.74 Å². The number of benzene rings is 1. The van der Waals surface area contributed by atoms with Crippen molar-refractivity contribution in [3.05, 3.63) is 29.3 Å². The van der Waals surface area contributed by atoms with E-state index < -0.39 is 5.97 Å². The van der Waals surface area contributed by atoms with Gasteiger partial charge in [-0.3, -0.25) is 4.79 Å². The van der Waals surface area contributed by atoms with Crippen molar-refractivity contribution in [2.75, 3.05) is 19.7 Å². The first-order valence-corrected chi connectivity index (χ1v) is 7.22. The molecule has 1 aliphatic rings. The van der Waals surface area contributed by atoms with Gasteiger partial charge in [0.2, 0.25) is 0 Å². The summed E-state index contributed by atoms with van der Waals surface area (Å²) in [6, 6.07) is 4.73. The zero-order chi connectivity index (χ0) is 15.4. The van der Waals surface area contributed by atoms with Gasteiger partial charge in [0.1, 0.15) is 5.75 Å². The molecule has 1 unspecified atom stereocenters. The van der Waals surface area contributed by atoms with Gasteiger partial charge in [-0.2, -0.15) is 0 Å². The summed E-state index contributed by atoms with van der Waals surface area (Å²) >= 11 is 0. The minimum atomic E-state index is -0.961. The van der Waals surface area contributed by atoms with Crippen molar-refractivity contribution in [3.8, 4) is 5.75 Å². The summed E-state index contributed by atoms with van der Waals surface area (Å²) in [6.07, 6.45) is 2.21. The molecular weight excluding hydrogens is 270 g/mol. The fourth-order valence-electron chi connectivity index (χ4n) is 2.62. The Bertz CT molecular complexity index is 541. The molecule has 0 saturated carbocycles. The Kier molecular flexibility index (Phi) is 4.83. The third kappa shape index (κ3) is 3.97. The zero-order valence-corrected chi connectivity index (χ0v) is 12.5. The van der Waals surface area contributed by atoms with Gasteiger partial charge >= 0.3 is 5.97 Å². The molecular formula is C16H21NO4. The number of carboxylic acids is 1. The third-order valence-electron chi connectivity index (χ3n) is 3.80. The minimum Gasteiger partial charge on any atom is -0.484 e. The fraction of sp³-hybridized carbons (Fsp3) is 0.500. The minimum absolute atomic E-state index is 0.00141. The first-order chi connectivity index (χ1) is 9.97. The smallest absolute Gasteiger partial charge is 0.335 e. The first kappa shape index (κ1) is 15.4. The lowest BCUT2D eigenvalue weighted by Crippen LogP contribution is -2.41. The molecule has 1 fully saturated rings. The number of nitrogens with zero attached hydrogens (tertiary/aromatic N) is 1. The van der Waals surface area contributed by atoms with Crippen LogP contribution in [0.3, 0.4) is 0 Å². The number of hydrogen-bond donors (Lipinski definition) is 1. The lowest BCUT2D eigenvalue weighted by atomic mass is 10.0. The van der Waals surface area contributed by atoms with Crippen molar-refractivity contribution in [1.29, 1.82) is 0 Å². The van der Waals surface area contributed by atoms with Crippen molar-refractivity contribution in [2.24, 2.45) is 5.92 Å². The predicted octanol–water partition coefficient (Wildman–Crippen LogP) is 2.33. The van der Waals surface area contributed by atoms with Gasteiger partial charge in [0.25, 0.3) is 5.91 Å². The van der Waals surface area contributed by atoms with E-state index in [1.54, 1.807) is 19.1 Å². The highest BCUT2D eigenvalue weighted by Gasteiger charge is 2.21. The summed E-state index contributed by atoms with van der Waals surface area (Å²) in [5, 5.41) is 8.97. The van der Waals surface area contributed by atoms with Crippen LogP contribution in [0.15, 0.2) is 18.2 Å². The molecule has 0 bridgehead atoms. The number of aryl methyl sites for hydroxylation is 1. The molecule has 5 heteroatoms. The van der Waals surface area contributed by atoms with Crippen LogP contribution in [0.2, 0.25) is 0 Å². The second kappa shape index (κ2) is 6.61. The van der Waals surface area contributed by atoms with Crippen molar-refractivity contribution >= 4 is 11.9 Å². The molecule has 1 aromatic rings. The highest BCUT2D eigenvalue weighted by molar-refractivity contribution is 5.89. The molecule has 1 N–H and O–H groups in total. The van der Waals surface area contributed by atoms with E-state index in [0.29, 0.717) is 17.2 Å². The van der Waals surface area contributed by atoms with Crippen LogP contribution >= 0.6 is 0 Å². The second-order valence-electron chi connectivity index (χ2n) is 5.66. The van der Waals surface area contributed by atoms with Crippen molar-refractivity contribution in [2.45, 2.75) is 26.7 Å². The lowest BCUT2D eigenvalue weighted by Gasteiger charge is -2.30. The fourth-order valence-corrected chi connectivity index (χ4v) is 2.62. The van der Waals surface area contributed by atoms with E-state index in [1.807, 2.05) is 4.90 Å². The van der Waals surface area contributed by atoms with Crippen LogP contribution in [-0.2, 0) is 4.79 Å². The molecule has 0 radical (unpaired) electrons. The average molecular weight is 291 g/mol. The number of rotatable bonds is 4. The molecule has 0 aromatic heterocycles. The van der Waals surface area contributed by atoms with E-state index in [9.17, 15) is 9.59 Å². The number of aromatic carboxylic acids is 1. The van der Waals surface area contributed by atoms with Crippen LogP contribution in [0.25, 0.3) is 0 Å². The first-order valence-electron chi connectivity index (χ1n) is 7.22. The maximum Gasteiger partial charge on any atom is 0.335 e. The summed E-state index contributed by atoms with van der Waals surface area (Å²) in [7, 11) is 0. The van der Waals surface area contributed by atoms with Gasteiger partial charge in [0, 0.05) is 13.1 Å². The second-order valence-corrected chi connectivity index (χ2v) is 5.66. The molecule has 1 aromatic carbocycles. The number of ether oxygens (including phenoxy) is 1. The molecule has 1 atom stereocenters. The van der Waals surface area contributed by atoms with Crippen molar-refractivity contribution < 1.29 is 19.4 Å². The van der Waals surface area contributed by atoms with E-state index in [4.69, 9.17) is 9.84 Å². The van der Waals surface area contributed by atoms with Crippen LogP contribution in [-0.4, -0.2) is 41.6 Å². The Morgan fingerprint density at radius 1 is 1.43 bits per heavy atom. The lowest BCUT2D eigenvalue weighted by molar-refractivity contribution is -0.135. The quantitative estimate of drug-likeness (QED) is 0.924. The molecule has 1 heterocycles. The average Bonchev–Trinajstić information content (AvgIpc) is 2.44. The maximum atomic E-state index is 12.1. The van der Waals surface area contributed by atoms with Gasteiger partial charge in [-0.05, 0) is 49.4 Å². The van der Waals surface area contributed by atoms with E-state index in [1.165, 1.54) is 12.5 Å². The largest absolute Gasteiger partial charge is 0.484 e. The number of carboxylic acid groups (broad SMARTS) is 1. The standard InChI is InChI=1S/C16H21NO4/c1-11-4-3-7-17(9-11)15(18)10-21-13-5-6-14(16(19)20)12(2)8-13/h5-6,8,11H,3-4,7,9-10H2,1-2H3,(H,19,20). The highest BCUT2D eigenvalue weighted by atomic mass is 16.5. The monoisotopic (exact) mass is 291 g/mol. The Morgan fingerprint density at radius 3 is 2.81 bits per heavy atom. The normalized spacial score (nSPS) is 18.4. The van der Waals surface area contributed by atoms with Crippen molar-refractivity contribution in [1.82, 2.24) is 4.90 Å². The number of carbonyl (C=O) groups is 2. The van der Waals surface area contributed by atoms with Gasteiger partial charge in [-0.1, -0.05) is 6.92 Å².